The van der Waals surface area contributed by atoms with E-state index >= 15 is 0 Å². The Morgan fingerprint density at radius 1 is 1.26 bits per heavy atom. The van der Waals surface area contributed by atoms with Crippen LogP contribution in [0.15, 0.2) is 41.3 Å². The van der Waals surface area contributed by atoms with E-state index in [1.54, 1.807) is 17.8 Å². The number of nitrogen functional groups attached to an aromatic ring is 1. The van der Waals surface area contributed by atoms with Crippen molar-refractivity contribution in [3.63, 3.8) is 0 Å². The minimum absolute atomic E-state index is 0.381. The highest BCUT2D eigenvalue weighted by atomic mass is 32.2. The quantitative estimate of drug-likeness (QED) is 0.681. The van der Waals surface area contributed by atoms with Gasteiger partial charge in [-0.15, -0.1) is 11.8 Å². The average molecular weight is 272 g/mol. The van der Waals surface area contributed by atoms with Crippen LogP contribution in [0.2, 0.25) is 0 Å². The van der Waals surface area contributed by atoms with Crippen molar-refractivity contribution in [2.45, 2.75) is 17.6 Å². The van der Waals surface area contributed by atoms with Gasteiger partial charge in [-0.05, 0) is 48.4 Å². The molecule has 0 fully saturated rings. The first kappa shape index (κ1) is 13.4. The second-order valence-electron chi connectivity index (χ2n) is 4.22. The Bertz CT molecular complexity index is 647. The summed E-state index contributed by atoms with van der Waals surface area (Å²) in [7, 11) is 0. The fraction of sp³-hybridized carbons (Fsp3) is 0.133. The molecule has 0 aliphatic heterocycles. The van der Waals surface area contributed by atoms with Gasteiger partial charge in [0.1, 0.15) is 5.82 Å². The van der Waals surface area contributed by atoms with Crippen molar-refractivity contribution in [2.75, 3.05) is 5.73 Å². The molecule has 0 aliphatic carbocycles. The number of halogens is 1. The van der Waals surface area contributed by atoms with E-state index in [2.05, 4.69) is 0 Å². The van der Waals surface area contributed by atoms with Gasteiger partial charge in [-0.3, -0.25) is 0 Å². The van der Waals surface area contributed by atoms with Crippen LogP contribution >= 0.6 is 11.8 Å². The van der Waals surface area contributed by atoms with Gasteiger partial charge in [0.2, 0.25) is 0 Å². The maximum Gasteiger partial charge on any atom is 0.124 e. The molecular weight excluding hydrogens is 259 g/mol. The van der Waals surface area contributed by atoms with Crippen LogP contribution in [-0.4, -0.2) is 0 Å². The molecule has 2 aromatic carbocycles. The average Bonchev–Trinajstić information content (AvgIpc) is 2.41. The molecule has 4 heteroatoms. The molecule has 2 aromatic rings. The molecule has 96 valence electrons. The lowest BCUT2D eigenvalue weighted by Gasteiger charge is -2.06. The van der Waals surface area contributed by atoms with Crippen LogP contribution in [0.1, 0.15) is 16.7 Å². The maximum atomic E-state index is 13.0. The lowest BCUT2D eigenvalue weighted by Crippen LogP contribution is -1.91. The van der Waals surface area contributed by atoms with Gasteiger partial charge in [0.05, 0.1) is 11.6 Å². The van der Waals surface area contributed by atoms with E-state index in [9.17, 15) is 4.39 Å². The van der Waals surface area contributed by atoms with Gasteiger partial charge >= 0.3 is 0 Å². The number of rotatable bonds is 3. The molecule has 0 saturated carbocycles. The largest absolute Gasteiger partial charge is 0.399 e. The van der Waals surface area contributed by atoms with E-state index < -0.39 is 0 Å². The Morgan fingerprint density at radius 2 is 2.05 bits per heavy atom. The predicted molar refractivity (Wildman–Crippen MR) is 76.3 cm³/mol. The second-order valence-corrected chi connectivity index (χ2v) is 5.27. The monoisotopic (exact) mass is 272 g/mol. The molecule has 0 radical (unpaired) electrons. The van der Waals surface area contributed by atoms with Crippen molar-refractivity contribution in [1.29, 1.82) is 5.26 Å². The Hall–Kier alpha value is -1.99. The van der Waals surface area contributed by atoms with Crippen molar-refractivity contribution in [3.05, 3.63) is 58.9 Å². The Labute approximate surface area is 116 Å². The second kappa shape index (κ2) is 5.77. The molecule has 2 rings (SSSR count). The molecule has 0 spiro atoms. The van der Waals surface area contributed by atoms with Crippen LogP contribution < -0.4 is 5.73 Å². The number of nitrogens with zero attached hydrogens (tertiary/aromatic N) is 1. The van der Waals surface area contributed by atoms with E-state index in [1.807, 2.05) is 31.2 Å². The fourth-order valence-corrected chi connectivity index (χ4v) is 2.68. The summed E-state index contributed by atoms with van der Waals surface area (Å²) in [6.45, 7) is 1.96. The lowest BCUT2D eigenvalue weighted by molar-refractivity contribution is 0.627. The summed E-state index contributed by atoms with van der Waals surface area (Å²) in [6.07, 6.45) is 0. The number of anilines is 1. The number of thioether (sulfide) groups is 1. The zero-order valence-corrected chi connectivity index (χ0v) is 11.3. The normalized spacial score (nSPS) is 10.2. The third-order valence-corrected chi connectivity index (χ3v) is 3.87. The van der Waals surface area contributed by atoms with Gasteiger partial charge in [0.15, 0.2) is 0 Å². The van der Waals surface area contributed by atoms with Crippen molar-refractivity contribution in [2.24, 2.45) is 0 Å². The molecule has 2 nitrogen and oxygen atoms in total. The third-order valence-electron chi connectivity index (χ3n) is 2.83. The molecule has 2 N–H and O–H groups in total. The Kier molecular flexibility index (Phi) is 4.08. The zero-order chi connectivity index (χ0) is 13.8. The van der Waals surface area contributed by atoms with Crippen LogP contribution in [0.25, 0.3) is 0 Å². The molecule has 0 amide bonds. The van der Waals surface area contributed by atoms with Crippen molar-refractivity contribution in [1.82, 2.24) is 0 Å². The van der Waals surface area contributed by atoms with E-state index in [4.69, 9.17) is 11.0 Å². The van der Waals surface area contributed by atoms with Crippen LogP contribution in [0, 0.1) is 24.1 Å². The summed E-state index contributed by atoms with van der Waals surface area (Å²) in [4.78, 5) is 1.08. The molecular formula is C15H13FN2S. The molecule has 19 heavy (non-hydrogen) atoms. The molecule has 0 aromatic heterocycles. The Morgan fingerprint density at radius 3 is 2.74 bits per heavy atom. The molecule has 0 aliphatic rings. The first-order valence-corrected chi connectivity index (χ1v) is 6.76. The SMILES string of the molecule is Cc1cc(SCc2ccc(F)cc2C#N)ccc1N. The predicted octanol–water partition coefficient (Wildman–Crippen LogP) is 3.88. The third kappa shape index (κ3) is 3.27. The number of aryl methyl sites for hydroxylation is 1. The number of nitrogens with two attached hydrogens (primary N) is 1. The molecule has 0 heterocycles. The molecule has 0 unspecified atom stereocenters. The van der Waals surface area contributed by atoms with Crippen LogP contribution in [-0.2, 0) is 5.75 Å². The van der Waals surface area contributed by atoms with Gasteiger partial charge in [-0.25, -0.2) is 4.39 Å². The fourth-order valence-electron chi connectivity index (χ4n) is 1.68. The summed E-state index contributed by atoms with van der Waals surface area (Å²) >= 11 is 1.60. The minimum atomic E-state index is -0.381. The van der Waals surface area contributed by atoms with Gasteiger partial charge in [-0.2, -0.15) is 5.26 Å². The topological polar surface area (TPSA) is 49.8 Å². The summed E-state index contributed by atoms with van der Waals surface area (Å²) in [5.41, 5.74) is 8.79. The highest BCUT2D eigenvalue weighted by molar-refractivity contribution is 7.98. The maximum absolute atomic E-state index is 13.0. The lowest BCUT2D eigenvalue weighted by atomic mass is 10.1. The van der Waals surface area contributed by atoms with Gasteiger partial charge in [-0.1, -0.05) is 6.07 Å². The number of hydrogen-bond donors (Lipinski definition) is 1. The van der Waals surface area contributed by atoms with E-state index in [0.29, 0.717) is 11.3 Å². The first-order valence-electron chi connectivity index (χ1n) is 5.77. The van der Waals surface area contributed by atoms with Gasteiger partial charge < -0.3 is 5.73 Å². The van der Waals surface area contributed by atoms with E-state index in [0.717, 1.165) is 21.7 Å². The summed E-state index contributed by atoms with van der Waals surface area (Å²) in [5, 5.41) is 8.98. The van der Waals surface area contributed by atoms with Gasteiger partial charge in [0.25, 0.3) is 0 Å². The molecule has 0 atom stereocenters. The van der Waals surface area contributed by atoms with Crippen molar-refractivity contribution in [3.8, 4) is 6.07 Å². The zero-order valence-electron chi connectivity index (χ0n) is 10.5. The highest BCUT2D eigenvalue weighted by Gasteiger charge is 2.05. The van der Waals surface area contributed by atoms with Crippen LogP contribution in [0.5, 0.6) is 0 Å². The van der Waals surface area contributed by atoms with Crippen LogP contribution in [0.3, 0.4) is 0 Å². The first-order chi connectivity index (χ1) is 9.10. The minimum Gasteiger partial charge on any atom is -0.399 e. The number of benzene rings is 2. The standard InChI is InChI=1S/C15H13FN2S/c1-10-6-14(4-5-15(10)18)19-9-11-2-3-13(16)7-12(11)8-17/h2-7H,9,18H2,1H3. The number of hydrogen-bond acceptors (Lipinski definition) is 3. The number of nitriles is 1. The summed E-state index contributed by atoms with van der Waals surface area (Å²) < 4.78 is 13.0. The van der Waals surface area contributed by atoms with Crippen molar-refractivity contribution >= 4 is 17.4 Å². The van der Waals surface area contributed by atoms with Crippen molar-refractivity contribution < 1.29 is 4.39 Å². The van der Waals surface area contributed by atoms with E-state index in [-0.39, 0.29) is 5.82 Å². The smallest absolute Gasteiger partial charge is 0.124 e. The summed E-state index contributed by atoms with van der Waals surface area (Å²) in [6, 6.07) is 12.2. The highest BCUT2D eigenvalue weighted by Crippen LogP contribution is 2.27. The molecule has 0 bridgehead atoms. The Balaban J connectivity index is 2.14. The summed E-state index contributed by atoms with van der Waals surface area (Å²) in [5.74, 6) is 0.251. The molecule has 0 saturated heterocycles. The van der Waals surface area contributed by atoms with E-state index in [1.165, 1.54) is 12.1 Å². The van der Waals surface area contributed by atoms with Gasteiger partial charge in [0, 0.05) is 16.3 Å². The van der Waals surface area contributed by atoms with Crippen LogP contribution in [0.4, 0.5) is 10.1 Å².